The van der Waals surface area contributed by atoms with Crippen LogP contribution in [-0.2, 0) is 4.79 Å². The maximum absolute atomic E-state index is 12.9. The Morgan fingerprint density at radius 2 is 1.63 bits per heavy atom. The average Bonchev–Trinajstić information content (AvgIpc) is 2.70. The van der Waals surface area contributed by atoms with Gasteiger partial charge in [0.05, 0.1) is 5.92 Å². The Bertz CT molecular complexity index is 854. The minimum atomic E-state index is -0.824. The fraction of sp³-hybridized carbons (Fsp3) is 0.348. The number of ketones is 3. The van der Waals surface area contributed by atoms with Gasteiger partial charge >= 0.3 is 0 Å². The molecule has 0 N–H and O–H groups in total. The van der Waals surface area contributed by atoms with Crippen molar-refractivity contribution in [2.24, 2.45) is 17.8 Å². The molecule has 140 valence electrons. The molecule has 1 aromatic carbocycles. The van der Waals surface area contributed by atoms with E-state index in [1.165, 1.54) is 0 Å². The van der Waals surface area contributed by atoms with Crippen molar-refractivity contribution in [3.05, 3.63) is 70.8 Å². The molecule has 2 aliphatic carbocycles. The van der Waals surface area contributed by atoms with Crippen LogP contribution in [0.3, 0.4) is 0 Å². The standard InChI is InChI=1S/C23H23ClO3/c1-3-17(24)13-8-14(2)15-9-11-16(12-10-15)20-21(25)18-6-4-5-7-19(18)22(26)23(20)27/h3-8,13,15-16,20H,2,9-12H2,1H3. The first-order valence-corrected chi connectivity index (χ1v) is 9.72. The molecule has 0 radical (unpaired) electrons. The molecule has 3 nitrogen and oxygen atoms in total. The third-order valence-corrected chi connectivity index (χ3v) is 6.07. The van der Waals surface area contributed by atoms with Gasteiger partial charge in [-0.25, -0.2) is 0 Å². The number of carbonyl (C=O) groups excluding carboxylic acids is 3. The zero-order valence-electron chi connectivity index (χ0n) is 15.4. The van der Waals surface area contributed by atoms with Gasteiger partial charge in [0.1, 0.15) is 0 Å². The Labute approximate surface area is 164 Å². The van der Waals surface area contributed by atoms with Gasteiger partial charge in [-0.15, -0.1) is 0 Å². The number of benzene rings is 1. The number of allylic oxidation sites excluding steroid dienone is 5. The zero-order valence-corrected chi connectivity index (χ0v) is 16.2. The van der Waals surface area contributed by atoms with Crippen molar-refractivity contribution in [1.82, 2.24) is 0 Å². The highest BCUT2D eigenvalue weighted by atomic mass is 35.5. The monoisotopic (exact) mass is 382 g/mol. The first-order valence-electron chi connectivity index (χ1n) is 9.34. The summed E-state index contributed by atoms with van der Waals surface area (Å²) in [7, 11) is 0. The molecule has 4 heteroatoms. The molecule has 0 spiro atoms. The highest BCUT2D eigenvalue weighted by Crippen LogP contribution is 2.40. The lowest BCUT2D eigenvalue weighted by Crippen LogP contribution is -2.42. The van der Waals surface area contributed by atoms with Gasteiger partial charge in [-0.05, 0) is 50.5 Å². The molecule has 3 rings (SSSR count). The van der Waals surface area contributed by atoms with Crippen LogP contribution in [0.15, 0.2) is 59.7 Å². The van der Waals surface area contributed by atoms with E-state index >= 15 is 0 Å². The lowest BCUT2D eigenvalue weighted by atomic mass is 9.67. The SMILES string of the molecule is C=C(C=CC(Cl)=CC)C1CCC(C2C(=O)C(=O)c3ccccc3C2=O)CC1. The Kier molecular flexibility index (Phi) is 5.91. The van der Waals surface area contributed by atoms with Gasteiger partial charge in [0.15, 0.2) is 5.78 Å². The van der Waals surface area contributed by atoms with Crippen LogP contribution >= 0.6 is 11.6 Å². The predicted molar refractivity (Wildman–Crippen MR) is 107 cm³/mol. The fourth-order valence-corrected chi connectivity index (χ4v) is 4.19. The van der Waals surface area contributed by atoms with Crippen LogP contribution in [0.5, 0.6) is 0 Å². The van der Waals surface area contributed by atoms with Crippen molar-refractivity contribution < 1.29 is 14.4 Å². The first-order chi connectivity index (χ1) is 12.9. The molecule has 2 aliphatic rings. The topological polar surface area (TPSA) is 51.2 Å². The molecule has 0 saturated heterocycles. The molecule has 0 heterocycles. The lowest BCUT2D eigenvalue weighted by Gasteiger charge is -2.34. The summed E-state index contributed by atoms with van der Waals surface area (Å²) in [5, 5.41) is 0.667. The van der Waals surface area contributed by atoms with E-state index < -0.39 is 17.5 Å². The van der Waals surface area contributed by atoms with Crippen LogP contribution in [-0.4, -0.2) is 17.3 Å². The molecular formula is C23H23ClO3. The maximum atomic E-state index is 12.9. The zero-order chi connectivity index (χ0) is 19.6. The van der Waals surface area contributed by atoms with Crippen molar-refractivity contribution in [3.8, 4) is 0 Å². The van der Waals surface area contributed by atoms with Gasteiger partial charge in [-0.3, -0.25) is 14.4 Å². The molecule has 0 bridgehead atoms. The molecule has 1 aromatic rings. The molecule has 1 saturated carbocycles. The predicted octanol–water partition coefficient (Wildman–Crippen LogP) is 5.31. The van der Waals surface area contributed by atoms with Crippen molar-refractivity contribution in [2.75, 3.05) is 0 Å². The molecule has 1 unspecified atom stereocenters. The summed E-state index contributed by atoms with van der Waals surface area (Å²) in [5.74, 6) is -1.84. The number of hydrogen-bond donors (Lipinski definition) is 0. The Balaban J connectivity index is 1.70. The summed E-state index contributed by atoms with van der Waals surface area (Å²) in [6.45, 7) is 6.01. The number of fused-ring (bicyclic) bond motifs is 1. The van der Waals surface area contributed by atoms with Gasteiger partial charge in [0.2, 0.25) is 11.6 Å². The van der Waals surface area contributed by atoms with E-state index in [-0.39, 0.29) is 17.3 Å². The van der Waals surface area contributed by atoms with Crippen LogP contribution in [0, 0.1) is 17.8 Å². The van der Waals surface area contributed by atoms with Crippen molar-refractivity contribution in [1.29, 1.82) is 0 Å². The van der Waals surface area contributed by atoms with E-state index in [0.717, 1.165) is 31.3 Å². The van der Waals surface area contributed by atoms with E-state index in [0.29, 0.717) is 16.5 Å². The summed E-state index contributed by atoms with van der Waals surface area (Å²) in [6.07, 6.45) is 8.78. The van der Waals surface area contributed by atoms with Gasteiger partial charge in [0.25, 0.3) is 0 Å². The first kappa shape index (κ1) is 19.5. The number of rotatable bonds is 4. The third kappa shape index (κ3) is 3.89. The second-order valence-corrected chi connectivity index (χ2v) is 7.71. The average molecular weight is 383 g/mol. The molecular weight excluding hydrogens is 360 g/mol. The quantitative estimate of drug-likeness (QED) is 0.402. The van der Waals surface area contributed by atoms with E-state index in [2.05, 4.69) is 6.58 Å². The minimum absolute atomic E-state index is 0.0746. The number of hydrogen-bond acceptors (Lipinski definition) is 3. The summed E-state index contributed by atoms with van der Waals surface area (Å²) in [6, 6.07) is 6.63. The fourth-order valence-electron chi connectivity index (χ4n) is 4.13. The summed E-state index contributed by atoms with van der Waals surface area (Å²) < 4.78 is 0. The Hall–Kier alpha value is -2.26. The maximum Gasteiger partial charge on any atom is 0.230 e. The van der Waals surface area contributed by atoms with Crippen molar-refractivity contribution in [3.63, 3.8) is 0 Å². The largest absolute Gasteiger partial charge is 0.293 e. The molecule has 0 aromatic heterocycles. The Morgan fingerprint density at radius 3 is 2.26 bits per heavy atom. The summed E-state index contributed by atoms with van der Waals surface area (Å²) >= 11 is 5.99. The van der Waals surface area contributed by atoms with Gasteiger partial charge in [-0.2, -0.15) is 0 Å². The highest BCUT2D eigenvalue weighted by molar-refractivity contribution is 6.51. The van der Waals surface area contributed by atoms with Gasteiger partial charge in [0, 0.05) is 16.2 Å². The van der Waals surface area contributed by atoms with E-state index in [1.54, 1.807) is 24.3 Å². The summed E-state index contributed by atoms with van der Waals surface area (Å²) in [5.41, 5.74) is 1.65. The number of halogens is 1. The summed E-state index contributed by atoms with van der Waals surface area (Å²) in [4.78, 5) is 37.9. The highest BCUT2D eigenvalue weighted by Gasteiger charge is 2.45. The van der Waals surface area contributed by atoms with Crippen molar-refractivity contribution >= 4 is 29.0 Å². The number of Topliss-reactive ketones (excluding diaryl/α,β-unsaturated/α-hetero) is 3. The van der Waals surface area contributed by atoms with Gasteiger partial charge in [-0.1, -0.05) is 60.2 Å². The van der Waals surface area contributed by atoms with Crippen LogP contribution < -0.4 is 0 Å². The van der Waals surface area contributed by atoms with Crippen molar-refractivity contribution in [2.45, 2.75) is 32.6 Å². The third-order valence-electron chi connectivity index (χ3n) is 5.73. The van der Waals surface area contributed by atoms with E-state index in [1.807, 2.05) is 25.2 Å². The van der Waals surface area contributed by atoms with E-state index in [9.17, 15) is 14.4 Å². The second-order valence-electron chi connectivity index (χ2n) is 7.27. The normalized spacial score (nSPS) is 26.4. The van der Waals surface area contributed by atoms with Crippen LogP contribution in [0.25, 0.3) is 0 Å². The molecule has 1 fully saturated rings. The smallest absolute Gasteiger partial charge is 0.230 e. The van der Waals surface area contributed by atoms with Gasteiger partial charge < -0.3 is 0 Å². The molecule has 1 atom stereocenters. The second kappa shape index (κ2) is 8.18. The van der Waals surface area contributed by atoms with Crippen LogP contribution in [0.1, 0.15) is 53.3 Å². The van der Waals surface area contributed by atoms with Crippen LogP contribution in [0.4, 0.5) is 0 Å². The molecule has 0 aliphatic heterocycles. The lowest BCUT2D eigenvalue weighted by molar-refractivity contribution is -0.119. The minimum Gasteiger partial charge on any atom is -0.293 e. The molecule has 27 heavy (non-hydrogen) atoms. The molecule has 0 amide bonds. The number of carbonyl (C=O) groups is 3. The van der Waals surface area contributed by atoms with E-state index in [4.69, 9.17) is 11.6 Å². The van der Waals surface area contributed by atoms with Crippen LogP contribution in [0.2, 0.25) is 0 Å². The Morgan fingerprint density at radius 1 is 1.00 bits per heavy atom.